The van der Waals surface area contributed by atoms with Crippen LogP contribution in [0, 0.1) is 0 Å². The van der Waals surface area contributed by atoms with Crippen LogP contribution < -0.4 is 0 Å². The number of hydrogen-bond acceptors (Lipinski definition) is 8. The zero-order valence-electron chi connectivity index (χ0n) is 35.1. The summed E-state index contributed by atoms with van der Waals surface area (Å²) in [5.41, 5.74) is 0. The second-order valence-electron chi connectivity index (χ2n) is 15.1. The minimum absolute atomic E-state index is 0.0146. The minimum atomic E-state index is -4.39. The minimum Gasteiger partial charge on any atom is -0.462 e. The molecule has 0 rings (SSSR count). The van der Waals surface area contributed by atoms with E-state index in [1.54, 1.807) is 0 Å². The molecule has 0 fully saturated rings. The van der Waals surface area contributed by atoms with E-state index in [2.05, 4.69) is 61.6 Å². The molecule has 0 saturated carbocycles. The quantitative estimate of drug-likeness (QED) is 0.0206. The van der Waals surface area contributed by atoms with E-state index >= 15 is 0 Å². The largest absolute Gasteiger partial charge is 0.472 e. The Morgan fingerprint density at radius 2 is 1.07 bits per heavy atom. The van der Waals surface area contributed by atoms with Crippen LogP contribution in [-0.2, 0) is 32.7 Å². The average molecular weight is 797 g/mol. The summed E-state index contributed by atoms with van der Waals surface area (Å²) in [7, 11) is 1.42. The lowest BCUT2D eigenvalue weighted by molar-refractivity contribution is -0.870. The van der Waals surface area contributed by atoms with Crippen molar-refractivity contribution < 1.29 is 47.2 Å². The van der Waals surface area contributed by atoms with Gasteiger partial charge in [-0.1, -0.05) is 113 Å². The van der Waals surface area contributed by atoms with E-state index in [0.717, 1.165) is 89.9 Å². The van der Waals surface area contributed by atoms with Crippen molar-refractivity contribution in [3.8, 4) is 0 Å². The predicted octanol–water partition coefficient (Wildman–Crippen LogP) is 10.7. The molecule has 0 aromatic rings. The SMILES string of the molecule is CCCCCC/C=C\CCCCCCCC(=O)O[C@H](COC(=O)CCC/C=C\C/C=C\C/C=C\C/C=C\CCCCCO)COP(=O)(O)OCC[N+](C)(C)C. The molecule has 55 heavy (non-hydrogen) atoms. The van der Waals surface area contributed by atoms with Gasteiger partial charge in [0.2, 0.25) is 0 Å². The first-order valence-corrected chi connectivity index (χ1v) is 22.6. The maximum atomic E-state index is 12.6. The lowest BCUT2D eigenvalue weighted by Crippen LogP contribution is -2.37. The van der Waals surface area contributed by atoms with E-state index in [4.69, 9.17) is 23.6 Å². The summed E-state index contributed by atoms with van der Waals surface area (Å²) >= 11 is 0. The summed E-state index contributed by atoms with van der Waals surface area (Å²) in [6, 6.07) is 0. The summed E-state index contributed by atoms with van der Waals surface area (Å²) in [5.74, 6) is -0.894. The number of carbonyl (C=O) groups is 2. The van der Waals surface area contributed by atoms with Crippen LogP contribution in [0.1, 0.15) is 148 Å². The molecule has 0 heterocycles. The molecule has 10 nitrogen and oxygen atoms in total. The number of hydrogen-bond donors (Lipinski definition) is 2. The van der Waals surface area contributed by atoms with Gasteiger partial charge in [-0.3, -0.25) is 18.6 Å². The molecular formula is C44H79NO9P+. The Morgan fingerprint density at radius 1 is 0.600 bits per heavy atom. The van der Waals surface area contributed by atoms with Gasteiger partial charge < -0.3 is 24.0 Å². The molecule has 0 amide bonds. The number of quaternary nitrogens is 1. The lowest BCUT2D eigenvalue weighted by Gasteiger charge is -2.24. The Labute approximate surface area is 335 Å². The van der Waals surface area contributed by atoms with Gasteiger partial charge in [-0.25, -0.2) is 4.57 Å². The van der Waals surface area contributed by atoms with Crippen molar-refractivity contribution >= 4 is 19.8 Å². The summed E-state index contributed by atoms with van der Waals surface area (Å²) in [6.45, 7) is 2.31. The van der Waals surface area contributed by atoms with Crippen LogP contribution in [0.25, 0.3) is 0 Å². The zero-order chi connectivity index (χ0) is 40.7. The highest BCUT2D eigenvalue weighted by atomic mass is 31.2. The highest BCUT2D eigenvalue weighted by Gasteiger charge is 2.27. The smallest absolute Gasteiger partial charge is 0.462 e. The molecule has 0 saturated heterocycles. The van der Waals surface area contributed by atoms with Crippen molar-refractivity contribution in [2.24, 2.45) is 0 Å². The number of rotatable bonds is 38. The number of nitrogens with zero attached hydrogens (tertiary/aromatic N) is 1. The van der Waals surface area contributed by atoms with Crippen molar-refractivity contribution in [2.45, 2.75) is 154 Å². The van der Waals surface area contributed by atoms with Crippen molar-refractivity contribution in [1.29, 1.82) is 0 Å². The van der Waals surface area contributed by atoms with Gasteiger partial charge in [-0.2, -0.15) is 0 Å². The fourth-order valence-electron chi connectivity index (χ4n) is 5.21. The Morgan fingerprint density at radius 3 is 1.64 bits per heavy atom. The Balaban J connectivity index is 4.49. The molecule has 0 aliphatic carbocycles. The molecule has 0 radical (unpaired) electrons. The monoisotopic (exact) mass is 797 g/mol. The Hall–Kier alpha value is -2.33. The van der Waals surface area contributed by atoms with Crippen LogP contribution in [0.4, 0.5) is 0 Å². The highest BCUT2D eigenvalue weighted by molar-refractivity contribution is 7.47. The maximum absolute atomic E-state index is 12.6. The number of likely N-dealkylation sites (N-methyl/N-ethyl adjacent to an activating group) is 1. The Bertz CT molecular complexity index is 1130. The van der Waals surface area contributed by atoms with Gasteiger partial charge >= 0.3 is 19.8 Å². The van der Waals surface area contributed by atoms with E-state index in [-0.39, 0.29) is 32.7 Å². The first kappa shape index (κ1) is 52.7. The first-order valence-electron chi connectivity index (χ1n) is 21.1. The molecule has 2 N–H and O–H groups in total. The van der Waals surface area contributed by atoms with Crippen LogP contribution in [0.2, 0.25) is 0 Å². The van der Waals surface area contributed by atoms with Crippen LogP contribution in [-0.4, -0.2) is 86.6 Å². The number of phosphoric acid groups is 1. The van der Waals surface area contributed by atoms with Crippen molar-refractivity contribution in [3.05, 3.63) is 60.8 Å². The summed E-state index contributed by atoms with van der Waals surface area (Å²) in [4.78, 5) is 35.3. The van der Waals surface area contributed by atoms with Gasteiger partial charge in [0.05, 0.1) is 27.7 Å². The first-order chi connectivity index (χ1) is 26.5. The molecule has 0 aromatic carbocycles. The second-order valence-corrected chi connectivity index (χ2v) is 16.5. The van der Waals surface area contributed by atoms with Gasteiger partial charge in [0.25, 0.3) is 0 Å². The normalized spacial score (nSPS) is 14.2. The van der Waals surface area contributed by atoms with Crippen molar-refractivity contribution in [2.75, 3.05) is 54.1 Å². The van der Waals surface area contributed by atoms with Crippen molar-refractivity contribution in [3.63, 3.8) is 0 Å². The third-order valence-corrected chi connectivity index (χ3v) is 9.56. The molecule has 318 valence electrons. The van der Waals surface area contributed by atoms with Gasteiger partial charge in [-0.15, -0.1) is 0 Å². The van der Waals surface area contributed by atoms with Crippen LogP contribution in [0.5, 0.6) is 0 Å². The number of esters is 2. The van der Waals surface area contributed by atoms with E-state index in [1.807, 2.05) is 27.2 Å². The average Bonchev–Trinajstić information content (AvgIpc) is 3.13. The molecule has 0 spiro atoms. The zero-order valence-corrected chi connectivity index (χ0v) is 36.0. The number of carbonyl (C=O) groups excluding carboxylic acids is 2. The lowest BCUT2D eigenvalue weighted by atomic mass is 10.1. The third kappa shape index (κ3) is 41.1. The second kappa shape index (κ2) is 37.3. The molecule has 0 aliphatic heterocycles. The highest BCUT2D eigenvalue weighted by Crippen LogP contribution is 2.43. The molecule has 2 atom stereocenters. The predicted molar refractivity (Wildman–Crippen MR) is 226 cm³/mol. The number of allylic oxidation sites excluding steroid dienone is 10. The fraction of sp³-hybridized carbons (Fsp3) is 0.727. The maximum Gasteiger partial charge on any atom is 0.472 e. The Kier molecular flexibility index (Phi) is 35.7. The molecule has 0 aromatic heterocycles. The van der Waals surface area contributed by atoms with E-state index in [0.29, 0.717) is 23.9 Å². The van der Waals surface area contributed by atoms with Crippen LogP contribution in [0.3, 0.4) is 0 Å². The van der Waals surface area contributed by atoms with E-state index < -0.39 is 32.5 Å². The van der Waals surface area contributed by atoms with Crippen LogP contribution in [0.15, 0.2) is 60.8 Å². The topological polar surface area (TPSA) is 129 Å². The number of phosphoric ester groups is 1. The van der Waals surface area contributed by atoms with Crippen molar-refractivity contribution in [1.82, 2.24) is 0 Å². The van der Waals surface area contributed by atoms with Gasteiger partial charge in [0.1, 0.15) is 19.8 Å². The molecule has 0 aliphatic rings. The summed E-state index contributed by atoms with van der Waals surface area (Å²) in [5, 5.41) is 8.79. The standard InChI is InChI=1S/C44H78NO9P/c1-5-6-7-8-9-10-11-17-21-24-27-30-33-36-44(48)54-42(41-53-55(49,50)52-39-37-45(2,3)4)40-51-43(47)35-32-29-26-23-20-18-15-13-12-14-16-19-22-25-28-31-34-38-46/h10-12,14-15,18-19,22-23,26,42,46H,5-9,13,16-17,20-21,24-25,27-41H2,1-4H3/p+1/b11-10-,14-12-,18-15-,22-19-,26-23-/t42-/m1/s1. The van der Waals surface area contributed by atoms with E-state index in [1.165, 1.54) is 25.7 Å². The third-order valence-electron chi connectivity index (χ3n) is 8.57. The molecule has 11 heteroatoms. The molecule has 1 unspecified atom stereocenters. The summed E-state index contributed by atoms with van der Waals surface area (Å²) < 4.78 is 34.1. The molecule has 0 bridgehead atoms. The fourth-order valence-corrected chi connectivity index (χ4v) is 5.96. The number of ether oxygens (including phenoxy) is 2. The van der Waals surface area contributed by atoms with Gasteiger partial charge in [0, 0.05) is 19.4 Å². The van der Waals surface area contributed by atoms with Gasteiger partial charge in [0.15, 0.2) is 6.10 Å². The number of aliphatic hydroxyl groups excluding tert-OH is 1. The van der Waals surface area contributed by atoms with E-state index in [9.17, 15) is 19.0 Å². The number of aliphatic hydroxyl groups is 1. The molecular weight excluding hydrogens is 717 g/mol. The summed E-state index contributed by atoms with van der Waals surface area (Å²) in [6.07, 6.45) is 41.4. The number of unbranched alkanes of at least 4 members (excludes halogenated alkanes) is 13. The van der Waals surface area contributed by atoms with Gasteiger partial charge in [-0.05, 0) is 83.5 Å². The van der Waals surface area contributed by atoms with Crippen LogP contribution >= 0.6 is 7.82 Å².